The lowest BCUT2D eigenvalue weighted by atomic mass is 10.1. The number of pyridine rings is 2. The van der Waals surface area contributed by atoms with Crippen LogP contribution in [0.3, 0.4) is 0 Å². The van der Waals surface area contributed by atoms with Gasteiger partial charge in [-0.05, 0) is 36.1 Å². The Balaban J connectivity index is 1.42. The van der Waals surface area contributed by atoms with Crippen LogP contribution in [0.2, 0.25) is 0 Å². The molecule has 4 rings (SSSR count). The molecule has 1 amide bonds. The van der Waals surface area contributed by atoms with E-state index in [9.17, 15) is 4.79 Å². The summed E-state index contributed by atoms with van der Waals surface area (Å²) in [4.78, 5) is 20.6. The van der Waals surface area contributed by atoms with Gasteiger partial charge in [0.15, 0.2) is 5.01 Å². The molecule has 2 atom stereocenters. The highest BCUT2D eigenvalue weighted by Crippen LogP contribution is 2.47. The van der Waals surface area contributed by atoms with Gasteiger partial charge in [0.1, 0.15) is 5.69 Å². The molecule has 6 nitrogen and oxygen atoms in total. The highest BCUT2D eigenvalue weighted by molar-refractivity contribution is 7.18. The summed E-state index contributed by atoms with van der Waals surface area (Å²) < 4.78 is 0. The first-order valence-corrected chi connectivity index (χ1v) is 8.08. The molecule has 0 aliphatic heterocycles. The molecule has 0 aromatic carbocycles. The van der Waals surface area contributed by atoms with E-state index in [1.54, 1.807) is 12.4 Å². The number of nitrogens with one attached hydrogen (secondary N) is 1. The molecular formula is C16H13N5OS. The van der Waals surface area contributed by atoms with Gasteiger partial charge in [0, 0.05) is 24.5 Å². The third kappa shape index (κ3) is 2.95. The van der Waals surface area contributed by atoms with E-state index in [0.717, 1.165) is 17.7 Å². The molecule has 0 saturated heterocycles. The monoisotopic (exact) mass is 323 g/mol. The first-order valence-electron chi connectivity index (χ1n) is 7.27. The predicted molar refractivity (Wildman–Crippen MR) is 86.9 cm³/mol. The summed E-state index contributed by atoms with van der Waals surface area (Å²) in [5.41, 5.74) is 1.87. The standard InChI is InChI=1S/C16H13N5OS/c22-14(12-8-11(12)10-4-3-6-17-9-10)19-16-21-20-15(23-16)13-5-1-2-7-18-13/h1-7,9,11-12H,8H2,(H,19,21,22). The lowest BCUT2D eigenvalue weighted by Gasteiger charge is -2.00. The Bertz CT molecular complexity index is 821. The number of hydrogen-bond acceptors (Lipinski definition) is 6. The molecule has 114 valence electrons. The Kier molecular flexibility index (Phi) is 3.55. The van der Waals surface area contributed by atoms with Gasteiger partial charge in [0.2, 0.25) is 11.0 Å². The molecule has 23 heavy (non-hydrogen) atoms. The molecule has 1 saturated carbocycles. The van der Waals surface area contributed by atoms with Gasteiger partial charge < -0.3 is 5.32 Å². The van der Waals surface area contributed by atoms with E-state index in [2.05, 4.69) is 25.5 Å². The Morgan fingerprint density at radius 1 is 1.17 bits per heavy atom. The number of carbonyl (C=O) groups is 1. The van der Waals surface area contributed by atoms with Gasteiger partial charge in [0.05, 0.1) is 0 Å². The van der Waals surface area contributed by atoms with Crippen molar-refractivity contribution >= 4 is 22.4 Å². The third-order valence-corrected chi connectivity index (χ3v) is 4.64. The average molecular weight is 323 g/mol. The summed E-state index contributed by atoms with van der Waals surface area (Å²) in [5.74, 6) is 0.232. The quantitative estimate of drug-likeness (QED) is 0.798. The molecule has 3 aromatic heterocycles. The number of rotatable bonds is 4. The van der Waals surface area contributed by atoms with Crippen LogP contribution in [-0.2, 0) is 4.79 Å². The first kappa shape index (κ1) is 14.0. The van der Waals surface area contributed by atoms with Crippen molar-refractivity contribution < 1.29 is 4.79 Å². The predicted octanol–water partition coefficient (Wildman–Crippen LogP) is 2.74. The van der Waals surface area contributed by atoms with Gasteiger partial charge in [0.25, 0.3) is 0 Å². The maximum Gasteiger partial charge on any atom is 0.229 e. The van der Waals surface area contributed by atoms with Crippen LogP contribution in [0.4, 0.5) is 5.13 Å². The molecule has 3 heterocycles. The number of anilines is 1. The van der Waals surface area contributed by atoms with Gasteiger partial charge in [-0.1, -0.05) is 23.5 Å². The van der Waals surface area contributed by atoms with Crippen molar-refractivity contribution in [3.63, 3.8) is 0 Å². The van der Waals surface area contributed by atoms with Gasteiger partial charge >= 0.3 is 0 Å². The van der Waals surface area contributed by atoms with Crippen LogP contribution in [0.5, 0.6) is 0 Å². The molecule has 1 aliphatic carbocycles. The molecule has 0 bridgehead atoms. The fourth-order valence-electron chi connectivity index (χ4n) is 2.51. The molecule has 0 radical (unpaired) electrons. The molecule has 2 unspecified atom stereocenters. The van der Waals surface area contributed by atoms with E-state index in [1.165, 1.54) is 11.3 Å². The number of hydrogen-bond donors (Lipinski definition) is 1. The highest BCUT2D eigenvalue weighted by Gasteiger charge is 2.44. The molecule has 3 aromatic rings. The second kappa shape index (κ2) is 5.85. The van der Waals surface area contributed by atoms with E-state index >= 15 is 0 Å². The van der Waals surface area contributed by atoms with Crippen molar-refractivity contribution in [2.45, 2.75) is 12.3 Å². The third-order valence-electron chi connectivity index (χ3n) is 3.78. The van der Waals surface area contributed by atoms with Crippen LogP contribution in [0.15, 0.2) is 48.9 Å². The zero-order valence-corrected chi connectivity index (χ0v) is 12.9. The van der Waals surface area contributed by atoms with E-state index in [0.29, 0.717) is 10.1 Å². The first-order chi connectivity index (χ1) is 11.3. The lowest BCUT2D eigenvalue weighted by Crippen LogP contribution is -2.14. The summed E-state index contributed by atoms with van der Waals surface area (Å²) >= 11 is 1.33. The normalized spacial score (nSPS) is 19.3. The molecule has 0 spiro atoms. The van der Waals surface area contributed by atoms with Gasteiger partial charge in [-0.15, -0.1) is 10.2 Å². The van der Waals surface area contributed by atoms with Crippen molar-refractivity contribution in [1.82, 2.24) is 20.2 Å². The molecule has 1 fully saturated rings. The Labute approximate surface area is 136 Å². The SMILES string of the molecule is O=C(Nc1nnc(-c2ccccn2)s1)C1CC1c1cccnc1. The minimum absolute atomic E-state index is 0.0115. The van der Waals surface area contributed by atoms with Crippen molar-refractivity contribution in [3.05, 3.63) is 54.5 Å². The number of carbonyl (C=O) groups excluding carboxylic acids is 1. The second-order valence-electron chi connectivity index (χ2n) is 5.35. The topological polar surface area (TPSA) is 80.7 Å². The number of aromatic nitrogens is 4. The second-order valence-corrected chi connectivity index (χ2v) is 6.33. The van der Waals surface area contributed by atoms with Crippen LogP contribution in [0.25, 0.3) is 10.7 Å². The van der Waals surface area contributed by atoms with Crippen molar-refractivity contribution in [2.24, 2.45) is 5.92 Å². The van der Waals surface area contributed by atoms with Crippen LogP contribution in [-0.4, -0.2) is 26.1 Å². The summed E-state index contributed by atoms with van der Waals surface area (Å²) in [6, 6.07) is 9.51. The zero-order chi connectivity index (χ0) is 15.6. The van der Waals surface area contributed by atoms with Gasteiger partial charge in [-0.2, -0.15) is 0 Å². The van der Waals surface area contributed by atoms with Crippen LogP contribution < -0.4 is 5.32 Å². The van der Waals surface area contributed by atoms with Gasteiger partial charge in [-0.25, -0.2) is 0 Å². The fraction of sp³-hybridized carbons (Fsp3) is 0.188. The zero-order valence-electron chi connectivity index (χ0n) is 12.1. The van der Waals surface area contributed by atoms with Gasteiger partial charge in [-0.3, -0.25) is 14.8 Å². The van der Waals surface area contributed by atoms with Crippen molar-refractivity contribution in [1.29, 1.82) is 0 Å². The Morgan fingerprint density at radius 2 is 2.13 bits per heavy atom. The summed E-state index contributed by atoms with van der Waals surface area (Å²) in [6.07, 6.45) is 6.12. The van der Waals surface area contributed by atoms with E-state index in [4.69, 9.17) is 0 Å². The van der Waals surface area contributed by atoms with E-state index < -0.39 is 0 Å². The number of amides is 1. The molecule has 7 heteroatoms. The van der Waals surface area contributed by atoms with Crippen LogP contribution in [0.1, 0.15) is 17.9 Å². The van der Waals surface area contributed by atoms with Crippen molar-refractivity contribution in [2.75, 3.05) is 5.32 Å². The summed E-state index contributed by atoms with van der Waals surface area (Å²) in [5, 5.41) is 12.2. The largest absolute Gasteiger partial charge is 0.300 e. The minimum Gasteiger partial charge on any atom is -0.300 e. The minimum atomic E-state index is -0.0126. The van der Waals surface area contributed by atoms with E-state index in [1.807, 2.05) is 36.5 Å². The smallest absolute Gasteiger partial charge is 0.229 e. The van der Waals surface area contributed by atoms with Crippen molar-refractivity contribution in [3.8, 4) is 10.7 Å². The summed E-state index contributed by atoms with van der Waals surface area (Å²) in [6.45, 7) is 0. The van der Waals surface area contributed by atoms with Crippen LogP contribution >= 0.6 is 11.3 Å². The highest BCUT2D eigenvalue weighted by atomic mass is 32.1. The maximum atomic E-state index is 12.3. The maximum absolute atomic E-state index is 12.3. The average Bonchev–Trinajstić information content (AvgIpc) is 3.29. The Morgan fingerprint density at radius 3 is 2.91 bits per heavy atom. The van der Waals surface area contributed by atoms with Crippen LogP contribution in [0, 0.1) is 5.92 Å². The fourth-order valence-corrected chi connectivity index (χ4v) is 3.24. The summed E-state index contributed by atoms with van der Waals surface area (Å²) in [7, 11) is 0. The molecule has 1 aliphatic rings. The lowest BCUT2D eigenvalue weighted by molar-refractivity contribution is -0.117. The molecular weight excluding hydrogens is 310 g/mol. The number of nitrogens with zero attached hydrogens (tertiary/aromatic N) is 4. The molecule has 1 N–H and O–H groups in total. The van der Waals surface area contributed by atoms with E-state index in [-0.39, 0.29) is 17.7 Å². The Hall–Kier alpha value is -2.67.